The summed E-state index contributed by atoms with van der Waals surface area (Å²) in [5, 5.41) is 2.95. The zero-order valence-electron chi connectivity index (χ0n) is 9.90. The number of ether oxygens (including phenoxy) is 1. The first-order chi connectivity index (χ1) is 9.17. The molecule has 0 saturated carbocycles. The lowest BCUT2D eigenvalue weighted by Crippen LogP contribution is -2.11. The van der Waals surface area contributed by atoms with Gasteiger partial charge in [-0.2, -0.15) is 0 Å². The Balaban J connectivity index is 2.02. The molecule has 1 amide bonds. The van der Waals surface area contributed by atoms with Gasteiger partial charge in [0.2, 0.25) is 5.91 Å². The molecule has 0 spiro atoms. The normalized spacial score (nSPS) is 10.0. The van der Waals surface area contributed by atoms with Gasteiger partial charge >= 0.3 is 0 Å². The molecular weight excluding hydrogens is 313 g/mol. The zero-order valence-corrected chi connectivity index (χ0v) is 11.5. The van der Waals surface area contributed by atoms with Crippen LogP contribution in [0, 0.1) is 5.82 Å². The number of hydrogen-bond donors (Lipinski definition) is 1. The van der Waals surface area contributed by atoms with Crippen molar-refractivity contribution in [1.82, 2.24) is 0 Å². The van der Waals surface area contributed by atoms with E-state index in [1.165, 1.54) is 12.1 Å². The van der Waals surface area contributed by atoms with Gasteiger partial charge in [-0.25, -0.2) is 4.39 Å². The van der Waals surface area contributed by atoms with Crippen LogP contribution in [0.2, 0.25) is 0 Å². The van der Waals surface area contributed by atoms with Crippen molar-refractivity contribution in [2.24, 2.45) is 0 Å². The Morgan fingerprint density at radius 3 is 2.11 bits per heavy atom. The Morgan fingerprint density at radius 1 is 1.05 bits per heavy atom. The monoisotopic (exact) mass is 323 g/mol. The van der Waals surface area contributed by atoms with Crippen LogP contribution in [0.1, 0.15) is 0 Å². The van der Waals surface area contributed by atoms with Gasteiger partial charge in [-0.05, 0) is 48.5 Å². The van der Waals surface area contributed by atoms with E-state index in [0.717, 1.165) is 0 Å². The molecule has 2 aromatic carbocycles. The lowest BCUT2D eigenvalue weighted by Gasteiger charge is -2.07. The van der Waals surface area contributed by atoms with Crippen molar-refractivity contribution in [3.8, 4) is 11.5 Å². The summed E-state index contributed by atoms with van der Waals surface area (Å²) in [5.41, 5.74) is 0.691. The van der Waals surface area contributed by atoms with E-state index in [4.69, 9.17) is 4.74 Å². The second-order valence-corrected chi connectivity index (χ2v) is 4.32. The van der Waals surface area contributed by atoms with Crippen molar-refractivity contribution in [2.75, 3.05) is 10.6 Å². The first-order valence-corrected chi connectivity index (χ1v) is 6.69. The average Bonchev–Trinajstić information content (AvgIpc) is 2.43. The molecule has 3 nitrogen and oxygen atoms in total. The Hall–Kier alpha value is -1.88. The smallest absolute Gasteiger partial charge is 0.235 e. The Kier molecular flexibility index (Phi) is 4.52. The van der Waals surface area contributed by atoms with Crippen LogP contribution < -0.4 is 10.1 Å². The molecule has 0 saturated heterocycles. The SMILES string of the molecule is O=C(CBr)Nc1ccc(Oc2ccc(F)cc2)cc1. The van der Waals surface area contributed by atoms with Crippen LogP contribution in [0.25, 0.3) is 0 Å². The molecule has 0 aromatic heterocycles. The van der Waals surface area contributed by atoms with E-state index in [0.29, 0.717) is 17.2 Å². The molecule has 2 rings (SSSR count). The Morgan fingerprint density at radius 2 is 1.58 bits per heavy atom. The number of hydrogen-bond acceptors (Lipinski definition) is 2. The summed E-state index contributed by atoms with van der Waals surface area (Å²) < 4.78 is 18.3. The molecule has 0 unspecified atom stereocenters. The van der Waals surface area contributed by atoms with Crippen LogP contribution in [0.4, 0.5) is 10.1 Å². The van der Waals surface area contributed by atoms with E-state index in [9.17, 15) is 9.18 Å². The molecule has 0 radical (unpaired) electrons. The minimum atomic E-state index is -0.305. The van der Waals surface area contributed by atoms with Crippen molar-refractivity contribution in [3.05, 3.63) is 54.3 Å². The minimum absolute atomic E-state index is 0.118. The molecule has 0 aliphatic rings. The fourth-order valence-corrected chi connectivity index (χ4v) is 1.58. The third-order valence-corrected chi connectivity index (χ3v) is 2.82. The first kappa shape index (κ1) is 13.5. The molecule has 0 heterocycles. The van der Waals surface area contributed by atoms with Gasteiger partial charge < -0.3 is 10.1 Å². The van der Waals surface area contributed by atoms with Crippen molar-refractivity contribution < 1.29 is 13.9 Å². The predicted molar refractivity (Wildman–Crippen MR) is 75.3 cm³/mol. The van der Waals surface area contributed by atoms with Gasteiger partial charge in [0.25, 0.3) is 0 Å². The van der Waals surface area contributed by atoms with E-state index in [1.807, 2.05) is 0 Å². The number of anilines is 1. The van der Waals surface area contributed by atoms with E-state index in [-0.39, 0.29) is 17.1 Å². The summed E-state index contributed by atoms with van der Waals surface area (Å²) in [6, 6.07) is 12.7. The first-order valence-electron chi connectivity index (χ1n) is 5.56. The average molecular weight is 324 g/mol. The standard InChI is InChI=1S/C14H11BrFNO2/c15-9-14(18)17-11-3-7-13(8-4-11)19-12-5-1-10(16)2-6-12/h1-8H,9H2,(H,17,18). The van der Waals surface area contributed by atoms with E-state index in [1.54, 1.807) is 36.4 Å². The number of amides is 1. The largest absolute Gasteiger partial charge is 0.457 e. The number of nitrogens with one attached hydrogen (secondary N) is 1. The van der Waals surface area contributed by atoms with Crippen LogP contribution in [0.15, 0.2) is 48.5 Å². The molecular formula is C14H11BrFNO2. The third-order valence-electron chi connectivity index (χ3n) is 2.31. The quantitative estimate of drug-likeness (QED) is 0.865. The maximum atomic E-state index is 12.7. The van der Waals surface area contributed by atoms with Gasteiger partial charge in [-0.3, -0.25) is 4.79 Å². The van der Waals surface area contributed by atoms with Crippen molar-refractivity contribution in [2.45, 2.75) is 0 Å². The lowest BCUT2D eigenvalue weighted by atomic mass is 10.3. The Labute approximate surface area is 118 Å². The summed E-state index contributed by atoms with van der Waals surface area (Å²) in [6.07, 6.45) is 0. The molecule has 0 bridgehead atoms. The predicted octanol–water partition coefficient (Wildman–Crippen LogP) is 3.95. The van der Waals surface area contributed by atoms with Gasteiger partial charge in [-0.1, -0.05) is 15.9 Å². The van der Waals surface area contributed by atoms with Crippen LogP contribution >= 0.6 is 15.9 Å². The fourth-order valence-electron chi connectivity index (χ4n) is 1.44. The molecule has 0 atom stereocenters. The zero-order chi connectivity index (χ0) is 13.7. The number of benzene rings is 2. The highest BCUT2D eigenvalue weighted by Gasteiger charge is 2.01. The summed E-state index contributed by atoms with van der Waals surface area (Å²) in [7, 11) is 0. The number of carbonyl (C=O) groups excluding carboxylic acids is 1. The van der Waals surface area contributed by atoms with Gasteiger partial charge in [0.05, 0.1) is 5.33 Å². The molecule has 0 fully saturated rings. The Bertz CT molecular complexity index is 555. The van der Waals surface area contributed by atoms with Crippen molar-refractivity contribution in [1.29, 1.82) is 0 Å². The van der Waals surface area contributed by atoms with E-state index in [2.05, 4.69) is 21.2 Å². The summed E-state index contributed by atoms with van der Waals surface area (Å²) in [4.78, 5) is 11.2. The molecule has 5 heteroatoms. The van der Waals surface area contributed by atoms with Gasteiger partial charge in [-0.15, -0.1) is 0 Å². The van der Waals surface area contributed by atoms with Crippen LogP contribution in [0.5, 0.6) is 11.5 Å². The number of alkyl halides is 1. The highest BCUT2D eigenvalue weighted by molar-refractivity contribution is 9.09. The van der Waals surface area contributed by atoms with Gasteiger partial charge in [0.1, 0.15) is 17.3 Å². The second-order valence-electron chi connectivity index (χ2n) is 3.76. The van der Waals surface area contributed by atoms with E-state index >= 15 is 0 Å². The number of rotatable bonds is 4. The lowest BCUT2D eigenvalue weighted by molar-refractivity contribution is -0.113. The van der Waals surface area contributed by atoms with Crippen molar-refractivity contribution >= 4 is 27.5 Å². The van der Waals surface area contributed by atoms with Crippen molar-refractivity contribution in [3.63, 3.8) is 0 Å². The summed E-state index contributed by atoms with van der Waals surface area (Å²) in [5.74, 6) is 0.745. The minimum Gasteiger partial charge on any atom is -0.457 e. The van der Waals surface area contributed by atoms with Crippen LogP contribution in [-0.2, 0) is 4.79 Å². The molecule has 98 valence electrons. The molecule has 19 heavy (non-hydrogen) atoms. The van der Waals surface area contributed by atoms with E-state index < -0.39 is 0 Å². The number of carbonyl (C=O) groups is 1. The maximum absolute atomic E-state index is 12.7. The molecule has 0 aliphatic carbocycles. The third kappa shape index (κ3) is 4.06. The highest BCUT2D eigenvalue weighted by atomic mass is 79.9. The fraction of sp³-hybridized carbons (Fsp3) is 0.0714. The highest BCUT2D eigenvalue weighted by Crippen LogP contribution is 2.23. The number of halogens is 2. The molecule has 1 N–H and O–H groups in total. The maximum Gasteiger partial charge on any atom is 0.235 e. The van der Waals surface area contributed by atoms with Gasteiger partial charge in [0, 0.05) is 5.69 Å². The topological polar surface area (TPSA) is 38.3 Å². The molecule has 0 aliphatic heterocycles. The summed E-state index contributed by atoms with van der Waals surface area (Å²) in [6.45, 7) is 0. The second kappa shape index (κ2) is 6.33. The summed E-state index contributed by atoms with van der Waals surface area (Å²) >= 11 is 3.07. The molecule has 2 aromatic rings. The van der Waals surface area contributed by atoms with Gasteiger partial charge in [0.15, 0.2) is 0 Å². The van der Waals surface area contributed by atoms with Crippen LogP contribution in [0.3, 0.4) is 0 Å². The van der Waals surface area contributed by atoms with Crippen LogP contribution in [-0.4, -0.2) is 11.2 Å².